The van der Waals surface area contributed by atoms with Gasteiger partial charge in [0.25, 0.3) is 0 Å². The van der Waals surface area contributed by atoms with E-state index in [1.165, 1.54) is 4.90 Å². The zero-order valence-corrected chi connectivity index (χ0v) is 11.0. The molecular weight excluding hydrogens is 258 g/mol. The lowest BCUT2D eigenvalue weighted by Gasteiger charge is -2.22. The van der Waals surface area contributed by atoms with Crippen molar-refractivity contribution in [2.45, 2.75) is 6.42 Å². The summed E-state index contributed by atoms with van der Waals surface area (Å²) in [7, 11) is 1.69. The highest BCUT2D eigenvalue weighted by molar-refractivity contribution is 7.80. The molecule has 5 nitrogen and oxygen atoms in total. The highest BCUT2D eigenvalue weighted by Gasteiger charge is 2.12. The van der Waals surface area contributed by atoms with Crippen molar-refractivity contribution in [1.29, 1.82) is 5.41 Å². The van der Waals surface area contributed by atoms with Gasteiger partial charge in [0.2, 0.25) is 0 Å². The van der Waals surface area contributed by atoms with Crippen LogP contribution in [0.1, 0.15) is 5.69 Å². The first-order chi connectivity index (χ1) is 8.06. The third kappa shape index (κ3) is 3.83. The van der Waals surface area contributed by atoms with Gasteiger partial charge in [-0.05, 0) is 24.4 Å². The van der Waals surface area contributed by atoms with E-state index in [2.05, 4.69) is 10.3 Å². The van der Waals surface area contributed by atoms with Gasteiger partial charge in [-0.1, -0.05) is 11.6 Å². The normalized spacial score (nSPS) is 9.76. The van der Waals surface area contributed by atoms with Crippen LogP contribution in [-0.2, 0) is 6.42 Å². The van der Waals surface area contributed by atoms with Crippen LogP contribution in [0.3, 0.4) is 0 Å². The van der Waals surface area contributed by atoms with Gasteiger partial charge in [-0.25, -0.2) is 0 Å². The molecule has 0 saturated heterocycles. The zero-order chi connectivity index (χ0) is 12.8. The first kappa shape index (κ1) is 13.7. The summed E-state index contributed by atoms with van der Waals surface area (Å²) in [6.45, 7) is 0.464. The molecule has 0 bridgehead atoms. The second kappa shape index (κ2) is 6.36. The van der Waals surface area contributed by atoms with Gasteiger partial charge in [-0.15, -0.1) is 0 Å². The molecular formula is C10H14ClN5S. The monoisotopic (exact) mass is 271 g/mol. The molecule has 0 aliphatic carbocycles. The Kier molecular flexibility index (Phi) is 5.11. The van der Waals surface area contributed by atoms with Gasteiger partial charge in [0.1, 0.15) is 0 Å². The fourth-order valence-electron chi connectivity index (χ4n) is 1.29. The van der Waals surface area contributed by atoms with Gasteiger partial charge < -0.3 is 11.1 Å². The van der Waals surface area contributed by atoms with Crippen LogP contribution < -0.4 is 11.1 Å². The molecule has 0 unspecified atom stereocenters. The van der Waals surface area contributed by atoms with E-state index in [4.69, 9.17) is 35.0 Å². The number of nitrogens with zero attached hydrogens (tertiary/aromatic N) is 2. The fourth-order valence-corrected chi connectivity index (χ4v) is 1.69. The van der Waals surface area contributed by atoms with Gasteiger partial charge >= 0.3 is 0 Å². The fraction of sp³-hybridized carbons (Fsp3) is 0.300. The highest BCUT2D eigenvalue weighted by atomic mass is 35.5. The number of nitrogens with two attached hydrogens (primary N) is 1. The summed E-state index contributed by atoms with van der Waals surface area (Å²) < 4.78 is 0. The van der Waals surface area contributed by atoms with Crippen LogP contribution in [0.5, 0.6) is 0 Å². The van der Waals surface area contributed by atoms with E-state index in [0.717, 1.165) is 5.69 Å². The lowest BCUT2D eigenvalue weighted by Crippen LogP contribution is -2.46. The first-order valence-corrected chi connectivity index (χ1v) is 5.77. The molecule has 1 rings (SSSR count). The van der Waals surface area contributed by atoms with Crippen molar-refractivity contribution < 1.29 is 0 Å². The molecule has 1 aromatic rings. The van der Waals surface area contributed by atoms with Crippen molar-refractivity contribution in [3.63, 3.8) is 0 Å². The van der Waals surface area contributed by atoms with Crippen LogP contribution in [0.4, 0.5) is 0 Å². The predicted molar refractivity (Wildman–Crippen MR) is 73.2 cm³/mol. The van der Waals surface area contributed by atoms with E-state index < -0.39 is 0 Å². The molecule has 0 amide bonds. The number of hydrogen-bond donors (Lipinski definition) is 3. The van der Waals surface area contributed by atoms with E-state index >= 15 is 0 Å². The number of guanidine groups is 1. The number of hydrogen-bond acceptors (Lipinski definition) is 3. The standard InChI is InChI=1S/C10H14ClN5S/c1-14-10(17)16(9(12)13)6-4-8-7(11)3-2-5-15-8/h2-3,5H,4,6H2,1H3,(H3,12,13)(H,14,17). The molecule has 0 atom stereocenters. The number of aromatic nitrogens is 1. The summed E-state index contributed by atoms with van der Waals surface area (Å²) in [4.78, 5) is 5.65. The highest BCUT2D eigenvalue weighted by Crippen LogP contribution is 2.12. The summed E-state index contributed by atoms with van der Waals surface area (Å²) in [5.41, 5.74) is 6.21. The van der Waals surface area contributed by atoms with Crippen molar-refractivity contribution in [2.75, 3.05) is 13.6 Å². The third-order valence-corrected chi connectivity index (χ3v) is 2.93. The molecule has 17 heavy (non-hydrogen) atoms. The number of rotatable bonds is 3. The van der Waals surface area contributed by atoms with E-state index in [1.807, 2.05) is 0 Å². The molecule has 0 aromatic carbocycles. The number of pyridine rings is 1. The Morgan fingerprint density at radius 3 is 2.94 bits per heavy atom. The average Bonchev–Trinajstić information content (AvgIpc) is 2.30. The van der Waals surface area contributed by atoms with E-state index in [0.29, 0.717) is 23.1 Å². The molecule has 1 aromatic heterocycles. The van der Waals surface area contributed by atoms with Gasteiger partial charge in [0, 0.05) is 26.2 Å². The molecule has 0 aliphatic rings. The Balaban J connectivity index is 2.68. The van der Waals surface area contributed by atoms with Crippen LogP contribution in [0, 0.1) is 5.41 Å². The van der Waals surface area contributed by atoms with Crippen LogP contribution in [0.25, 0.3) is 0 Å². The molecule has 0 saturated carbocycles. The quantitative estimate of drug-likeness (QED) is 0.434. The van der Waals surface area contributed by atoms with Crippen molar-refractivity contribution >= 4 is 34.9 Å². The van der Waals surface area contributed by atoms with Gasteiger partial charge in [0.15, 0.2) is 11.1 Å². The molecule has 0 spiro atoms. The van der Waals surface area contributed by atoms with Gasteiger partial charge in [0.05, 0.1) is 10.7 Å². The van der Waals surface area contributed by atoms with Gasteiger partial charge in [-0.2, -0.15) is 0 Å². The number of nitrogens with one attached hydrogen (secondary N) is 2. The SMILES string of the molecule is CNC(=S)N(CCc1ncccc1Cl)C(=N)N. The van der Waals surface area contributed by atoms with Crippen molar-refractivity contribution in [2.24, 2.45) is 5.73 Å². The van der Waals surface area contributed by atoms with Crippen molar-refractivity contribution in [3.05, 3.63) is 29.0 Å². The maximum Gasteiger partial charge on any atom is 0.194 e. The van der Waals surface area contributed by atoms with Crippen LogP contribution in [-0.4, -0.2) is 34.5 Å². The molecule has 0 aliphatic heterocycles. The first-order valence-electron chi connectivity index (χ1n) is 4.99. The Labute approximate surface area is 110 Å². The summed E-state index contributed by atoms with van der Waals surface area (Å²) in [6, 6.07) is 3.55. The maximum atomic E-state index is 7.43. The van der Waals surface area contributed by atoms with Crippen LogP contribution >= 0.6 is 23.8 Å². The zero-order valence-electron chi connectivity index (χ0n) is 9.40. The molecule has 0 fully saturated rings. The molecule has 7 heteroatoms. The van der Waals surface area contributed by atoms with E-state index in [1.54, 1.807) is 25.4 Å². The van der Waals surface area contributed by atoms with Crippen molar-refractivity contribution in [3.8, 4) is 0 Å². The average molecular weight is 272 g/mol. The minimum absolute atomic E-state index is 0.101. The topological polar surface area (TPSA) is 78.0 Å². The second-order valence-electron chi connectivity index (χ2n) is 3.27. The Morgan fingerprint density at radius 2 is 2.41 bits per heavy atom. The largest absolute Gasteiger partial charge is 0.370 e. The Bertz CT molecular complexity index is 423. The molecule has 92 valence electrons. The Morgan fingerprint density at radius 1 is 1.71 bits per heavy atom. The molecule has 1 heterocycles. The summed E-state index contributed by atoms with van der Waals surface area (Å²) >= 11 is 11.0. The van der Waals surface area contributed by atoms with Crippen LogP contribution in [0.15, 0.2) is 18.3 Å². The van der Waals surface area contributed by atoms with Gasteiger partial charge in [-0.3, -0.25) is 15.3 Å². The predicted octanol–water partition coefficient (Wildman–Crippen LogP) is 0.977. The van der Waals surface area contributed by atoms with Crippen molar-refractivity contribution in [1.82, 2.24) is 15.2 Å². The number of thiocarbonyl (C=S) groups is 1. The minimum atomic E-state index is -0.101. The minimum Gasteiger partial charge on any atom is -0.370 e. The smallest absolute Gasteiger partial charge is 0.194 e. The summed E-state index contributed by atoms with van der Waals surface area (Å²) in [6.07, 6.45) is 2.25. The number of halogens is 1. The lowest BCUT2D eigenvalue weighted by atomic mass is 10.2. The molecule has 0 radical (unpaired) electrons. The second-order valence-corrected chi connectivity index (χ2v) is 4.07. The lowest BCUT2D eigenvalue weighted by molar-refractivity contribution is 0.582. The maximum absolute atomic E-state index is 7.43. The Hall–Kier alpha value is -1.40. The summed E-state index contributed by atoms with van der Waals surface area (Å²) in [5.74, 6) is -0.101. The van der Waals surface area contributed by atoms with E-state index in [-0.39, 0.29) is 5.96 Å². The molecule has 4 N–H and O–H groups in total. The summed E-state index contributed by atoms with van der Waals surface area (Å²) in [5, 5.41) is 11.2. The van der Waals surface area contributed by atoms with E-state index in [9.17, 15) is 0 Å². The van der Waals surface area contributed by atoms with Crippen LogP contribution in [0.2, 0.25) is 5.02 Å². The third-order valence-electron chi connectivity index (χ3n) is 2.16.